The molecule has 2 amide bonds. The summed E-state index contributed by atoms with van der Waals surface area (Å²) in [5.41, 5.74) is 6.17. The molecule has 0 aliphatic carbocycles. The van der Waals surface area contributed by atoms with Crippen LogP contribution in [0.5, 0.6) is 0 Å². The predicted molar refractivity (Wildman–Crippen MR) is 172 cm³/mol. The van der Waals surface area contributed by atoms with E-state index in [1.165, 1.54) is 23.0 Å². The Bertz CT molecular complexity index is 2080. The number of fused-ring (bicyclic) bond motifs is 1. The van der Waals surface area contributed by atoms with Crippen LogP contribution in [0.2, 0.25) is 0 Å². The Morgan fingerprint density at radius 3 is 2.27 bits per heavy atom. The number of hydrogen-bond acceptors (Lipinski definition) is 9. The predicted octanol–water partition coefficient (Wildman–Crippen LogP) is 2.16. The maximum absolute atomic E-state index is 14.0. The molecule has 1 fully saturated rings. The summed E-state index contributed by atoms with van der Waals surface area (Å²) in [4.78, 5) is 41.9. The second-order valence-corrected chi connectivity index (χ2v) is 14.6. The molecule has 2 aromatic carbocycles. The number of sulfonamides is 1. The summed E-state index contributed by atoms with van der Waals surface area (Å²) < 4.78 is 57.4. The number of carboxylic acid groups (broad SMARTS) is 1. The third-order valence-corrected chi connectivity index (χ3v) is 10.5. The van der Waals surface area contributed by atoms with E-state index in [-0.39, 0.29) is 35.6 Å². The first-order chi connectivity index (χ1) is 23.0. The van der Waals surface area contributed by atoms with E-state index >= 15 is 0 Å². The summed E-state index contributed by atoms with van der Waals surface area (Å²) in [6.45, 7) is 5.66. The molecule has 0 atom stereocenters. The van der Waals surface area contributed by atoms with Crippen molar-refractivity contribution in [2.24, 2.45) is 5.73 Å². The minimum absolute atomic E-state index is 0.0363. The summed E-state index contributed by atoms with van der Waals surface area (Å²) in [5.74, 6) is -5.06. The van der Waals surface area contributed by atoms with Gasteiger partial charge in [0.25, 0.3) is 5.91 Å². The van der Waals surface area contributed by atoms with E-state index in [4.69, 9.17) is 5.73 Å². The van der Waals surface area contributed by atoms with E-state index in [0.717, 1.165) is 22.6 Å². The molecule has 15 nitrogen and oxygen atoms in total. The number of H-pyrrole nitrogens is 1. The molecule has 5 N–H and O–H groups in total. The smallest absolute Gasteiger partial charge is 0.338 e. The van der Waals surface area contributed by atoms with Crippen LogP contribution >= 0.6 is 0 Å². The van der Waals surface area contributed by atoms with Crippen molar-refractivity contribution in [1.29, 1.82) is 0 Å². The van der Waals surface area contributed by atoms with Crippen molar-refractivity contribution in [3.8, 4) is 5.69 Å². The summed E-state index contributed by atoms with van der Waals surface area (Å²) in [5, 5.41) is 23.5. The van der Waals surface area contributed by atoms with Gasteiger partial charge in [-0.25, -0.2) is 26.7 Å². The average molecular weight is 698 g/mol. The first kappa shape index (κ1) is 33.7. The Labute approximate surface area is 279 Å². The maximum Gasteiger partial charge on any atom is 0.338 e. The van der Waals surface area contributed by atoms with E-state index < -0.39 is 49.8 Å². The number of carbonyl (C=O) groups is 3. The Morgan fingerprint density at radius 1 is 1.00 bits per heavy atom. The van der Waals surface area contributed by atoms with Gasteiger partial charge in [0.15, 0.2) is 5.82 Å². The van der Waals surface area contributed by atoms with Gasteiger partial charge in [-0.3, -0.25) is 14.7 Å². The lowest BCUT2D eigenvalue weighted by Crippen LogP contribution is -2.45. The van der Waals surface area contributed by atoms with Crippen LogP contribution < -0.4 is 16.0 Å². The number of carbonyl (C=O) groups excluding carboxylic acids is 2. The van der Waals surface area contributed by atoms with Crippen LogP contribution in [0.1, 0.15) is 56.2 Å². The van der Waals surface area contributed by atoms with Crippen LogP contribution in [0.25, 0.3) is 5.69 Å². The standard InChI is InChI=1S/C31H33F2N9O6S/c1-31(2)16-41(49(47,48)20-9-18(32)8-19(33)10-20)15-23-26(31)37-38-28(23)36-29(44)22-12-25(42-14-17(13-35-42)30(45)46)24(11-21(22)27(34)43)40-6-4-39(3)5-7-40/h8-14H,4-7,15-16H2,1-3H3,(H2,34,43)(H,45,46)(H2,36,37,38,44). The van der Waals surface area contributed by atoms with Gasteiger partial charge < -0.3 is 26.0 Å². The highest BCUT2D eigenvalue weighted by atomic mass is 32.2. The number of piperazine rings is 1. The lowest BCUT2D eigenvalue weighted by Gasteiger charge is -2.37. The Kier molecular flexibility index (Phi) is 8.49. The minimum Gasteiger partial charge on any atom is -0.478 e. The van der Waals surface area contributed by atoms with Gasteiger partial charge in [-0.15, -0.1) is 0 Å². The van der Waals surface area contributed by atoms with E-state index in [0.29, 0.717) is 54.9 Å². The molecule has 4 aromatic rings. The number of nitrogens with one attached hydrogen (secondary N) is 2. The molecule has 258 valence electrons. The molecule has 2 aliphatic heterocycles. The van der Waals surface area contributed by atoms with Gasteiger partial charge in [0.05, 0.1) is 39.2 Å². The SMILES string of the molecule is CN1CCN(c2cc(C(N)=O)c(C(=O)Nc3n[nH]c4c3CN(S(=O)(=O)c3cc(F)cc(F)c3)CC4(C)C)cc2-n2cc(C(=O)O)cn2)CC1. The Balaban J connectivity index is 1.39. The number of nitrogens with zero attached hydrogens (tertiary/aromatic N) is 6. The molecule has 1 saturated heterocycles. The van der Waals surface area contributed by atoms with Gasteiger partial charge in [0, 0.05) is 68.2 Å². The van der Waals surface area contributed by atoms with Gasteiger partial charge >= 0.3 is 5.97 Å². The van der Waals surface area contributed by atoms with Crippen molar-refractivity contribution in [2.45, 2.75) is 30.7 Å². The topological polar surface area (TPSA) is 200 Å². The molecule has 0 saturated carbocycles. The number of aromatic nitrogens is 4. The molecule has 2 aliphatic rings. The normalized spacial score (nSPS) is 16.7. The number of carboxylic acids is 1. The lowest BCUT2D eigenvalue weighted by molar-refractivity contribution is 0.0696. The first-order valence-electron chi connectivity index (χ1n) is 15.1. The van der Waals surface area contributed by atoms with Gasteiger partial charge in [-0.2, -0.15) is 14.5 Å². The molecule has 2 aromatic heterocycles. The summed E-state index contributed by atoms with van der Waals surface area (Å²) in [6.07, 6.45) is 2.45. The van der Waals surface area contributed by atoms with Crippen LogP contribution in [0, 0.1) is 11.6 Å². The number of halogens is 2. The van der Waals surface area contributed by atoms with Crippen molar-refractivity contribution in [2.75, 3.05) is 50.0 Å². The molecule has 0 bridgehead atoms. The molecule has 18 heteroatoms. The number of nitrogens with two attached hydrogens (primary N) is 1. The van der Waals surface area contributed by atoms with Gasteiger partial charge in [0.1, 0.15) is 11.6 Å². The fraction of sp³-hybridized carbons (Fsp3) is 0.323. The highest BCUT2D eigenvalue weighted by Gasteiger charge is 2.41. The van der Waals surface area contributed by atoms with Crippen LogP contribution in [0.3, 0.4) is 0 Å². The number of rotatable bonds is 8. The maximum atomic E-state index is 14.0. The quantitative estimate of drug-likeness (QED) is 0.212. The zero-order chi connectivity index (χ0) is 35.4. The number of likely N-dealkylation sites (N-methyl/N-ethyl adjacent to an activating group) is 1. The number of aromatic carboxylic acids is 1. The molecular weight excluding hydrogens is 664 g/mol. The lowest BCUT2D eigenvalue weighted by atomic mass is 9.84. The Hall–Kier alpha value is -5.20. The highest BCUT2D eigenvalue weighted by Crippen LogP contribution is 2.38. The second-order valence-electron chi connectivity index (χ2n) is 12.7. The monoisotopic (exact) mass is 697 g/mol. The fourth-order valence-electron chi connectivity index (χ4n) is 6.12. The Morgan fingerprint density at radius 2 is 1.65 bits per heavy atom. The summed E-state index contributed by atoms with van der Waals surface area (Å²) >= 11 is 0. The second kappa shape index (κ2) is 12.4. The minimum atomic E-state index is -4.39. The zero-order valence-corrected chi connectivity index (χ0v) is 27.5. The van der Waals surface area contributed by atoms with Crippen molar-refractivity contribution in [1.82, 2.24) is 29.2 Å². The van der Waals surface area contributed by atoms with E-state index in [2.05, 4.69) is 25.5 Å². The number of amides is 2. The van der Waals surface area contributed by atoms with Crippen LogP contribution in [-0.2, 0) is 22.0 Å². The van der Waals surface area contributed by atoms with Gasteiger partial charge in [-0.1, -0.05) is 13.8 Å². The van der Waals surface area contributed by atoms with Crippen LogP contribution in [-0.4, -0.2) is 100 Å². The van der Waals surface area contributed by atoms with Crippen molar-refractivity contribution < 1.29 is 36.7 Å². The van der Waals surface area contributed by atoms with E-state index in [1.807, 2.05) is 11.9 Å². The summed E-state index contributed by atoms with van der Waals surface area (Å²) in [6, 6.07) is 4.89. The molecule has 49 heavy (non-hydrogen) atoms. The van der Waals surface area contributed by atoms with Crippen molar-refractivity contribution in [3.05, 3.63) is 82.3 Å². The first-order valence-corrected chi connectivity index (χ1v) is 16.5. The number of hydrogen-bond donors (Lipinski definition) is 4. The number of primary amides is 1. The molecule has 0 unspecified atom stereocenters. The summed E-state index contributed by atoms with van der Waals surface area (Å²) in [7, 11) is -2.42. The molecule has 6 rings (SSSR count). The number of anilines is 2. The van der Waals surface area contributed by atoms with E-state index in [1.54, 1.807) is 13.8 Å². The van der Waals surface area contributed by atoms with Crippen LogP contribution in [0.15, 0.2) is 47.6 Å². The molecule has 0 radical (unpaired) electrons. The number of benzene rings is 2. The highest BCUT2D eigenvalue weighted by molar-refractivity contribution is 7.89. The average Bonchev–Trinajstić information content (AvgIpc) is 3.69. The third kappa shape index (κ3) is 6.36. The zero-order valence-electron chi connectivity index (χ0n) is 26.7. The van der Waals surface area contributed by atoms with Crippen LogP contribution in [0.4, 0.5) is 20.3 Å². The van der Waals surface area contributed by atoms with Crippen molar-refractivity contribution in [3.63, 3.8) is 0 Å². The van der Waals surface area contributed by atoms with Gasteiger partial charge in [0.2, 0.25) is 15.9 Å². The van der Waals surface area contributed by atoms with Gasteiger partial charge in [-0.05, 0) is 31.3 Å². The molecule has 0 spiro atoms. The molecule has 4 heterocycles. The fourth-order valence-corrected chi connectivity index (χ4v) is 7.74. The van der Waals surface area contributed by atoms with Crippen molar-refractivity contribution >= 4 is 39.3 Å². The number of aromatic amines is 1. The molecular formula is C31H33F2N9O6S. The third-order valence-electron chi connectivity index (χ3n) is 8.70. The largest absolute Gasteiger partial charge is 0.478 e. The van der Waals surface area contributed by atoms with E-state index in [9.17, 15) is 36.7 Å².